The van der Waals surface area contributed by atoms with Crippen LogP contribution in [0.15, 0.2) is 30.6 Å². The van der Waals surface area contributed by atoms with Crippen molar-refractivity contribution in [2.45, 2.75) is 32.7 Å². The van der Waals surface area contributed by atoms with Gasteiger partial charge in [-0.25, -0.2) is 4.39 Å². The van der Waals surface area contributed by atoms with Crippen molar-refractivity contribution in [3.8, 4) is 0 Å². The number of hydrogen-bond donors (Lipinski definition) is 0. The molecule has 2 aromatic rings. The van der Waals surface area contributed by atoms with Crippen molar-refractivity contribution in [2.24, 2.45) is 0 Å². The van der Waals surface area contributed by atoms with Crippen molar-refractivity contribution in [1.82, 2.24) is 14.8 Å². The summed E-state index contributed by atoms with van der Waals surface area (Å²) < 4.78 is 15.1. The van der Waals surface area contributed by atoms with E-state index in [1.807, 2.05) is 10.6 Å². The molecule has 90 valence electrons. The van der Waals surface area contributed by atoms with Crippen molar-refractivity contribution in [3.63, 3.8) is 0 Å². The van der Waals surface area contributed by atoms with E-state index >= 15 is 0 Å². The van der Waals surface area contributed by atoms with Crippen LogP contribution in [0.4, 0.5) is 4.39 Å². The maximum atomic E-state index is 13.1. The van der Waals surface area contributed by atoms with Crippen molar-refractivity contribution in [2.75, 3.05) is 0 Å². The fraction of sp³-hybridized carbons (Fsp3) is 0.385. The number of benzene rings is 1. The summed E-state index contributed by atoms with van der Waals surface area (Å²) >= 11 is 0. The summed E-state index contributed by atoms with van der Waals surface area (Å²) in [5.74, 6) is 0.632. The number of aromatic nitrogens is 3. The molecule has 0 N–H and O–H groups in total. The van der Waals surface area contributed by atoms with Crippen LogP contribution < -0.4 is 0 Å². The third-order valence-electron chi connectivity index (χ3n) is 2.59. The molecule has 0 spiro atoms. The number of nitrogens with zero attached hydrogens (tertiary/aromatic N) is 3. The molecule has 0 aliphatic carbocycles. The first-order valence-corrected chi connectivity index (χ1v) is 5.60. The quantitative estimate of drug-likeness (QED) is 0.798. The lowest BCUT2D eigenvalue weighted by Crippen LogP contribution is -2.23. The molecule has 0 saturated carbocycles. The molecule has 1 heterocycles. The summed E-state index contributed by atoms with van der Waals surface area (Å²) in [6.07, 6.45) is 2.31. The van der Waals surface area contributed by atoms with E-state index in [4.69, 9.17) is 0 Å². The van der Waals surface area contributed by atoms with E-state index in [1.165, 1.54) is 12.1 Å². The van der Waals surface area contributed by atoms with Crippen LogP contribution in [-0.2, 0) is 12.0 Å². The SMILES string of the molecule is CC(C)(C)n1cnnc1Cc1cccc(F)c1. The van der Waals surface area contributed by atoms with E-state index in [1.54, 1.807) is 12.4 Å². The Kier molecular flexibility index (Phi) is 2.96. The normalized spacial score (nSPS) is 11.8. The minimum Gasteiger partial charge on any atom is -0.312 e. The Labute approximate surface area is 100 Å². The van der Waals surface area contributed by atoms with Crippen LogP contribution >= 0.6 is 0 Å². The monoisotopic (exact) mass is 233 g/mol. The second-order valence-corrected chi connectivity index (χ2v) is 5.09. The van der Waals surface area contributed by atoms with Gasteiger partial charge in [-0.15, -0.1) is 10.2 Å². The van der Waals surface area contributed by atoms with Gasteiger partial charge < -0.3 is 4.57 Å². The molecule has 1 aromatic carbocycles. The van der Waals surface area contributed by atoms with Gasteiger partial charge in [-0.2, -0.15) is 0 Å². The van der Waals surface area contributed by atoms with Crippen molar-refractivity contribution < 1.29 is 4.39 Å². The van der Waals surface area contributed by atoms with E-state index < -0.39 is 0 Å². The highest BCUT2D eigenvalue weighted by Crippen LogP contribution is 2.17. The van der Waals surface area contributed by atoms with Crippen LogP contribution in [-0.4, -0.2) is 14.8 Å². The largest absolute Gasteiger partial charge is 0.312 e. The molecular formula is C13H16FN3. The first kappa shape index (κ1) is 11.8. The van der Waals surface area contributed by atoms with E-state index in [0.29, 0.717) is 6.42 Å². The Morgan fingerprint density at radius 3 is 2.71 bits per heavy atom. The number of hydrogen-bond acceptors (Lipinski definition) is 2. The molecule has 0 saturated heterocycles. The third-order valence-corrected chi connectivity index (χ3v) is 2.59. The van der Waals surface area contributed by atoms with Gasteiger partial charge in [0, 0.05) is 12.0 Å². The van der Waals surface area contributed by atoms with Gasteiger partial charge in [0.15, 0.2) is 0 Å². The molecule has 2 rings (SSSR count). The van der Waals surface area contributed by atoms with E-state index in [9.17, 15) is 4.39 Å². The molecule has 17 heavy (non-hydrogen) atoms. The lowest BCUT2D eigenvalue weighted by Gasteiger charge is -2.22. The smallest absolute Gasteiger partial charge is 0.137 e. The van der Waals surface area contributed by atoms with Crippen LogP contribution in [0.1, 0.15) is 32.2 Å². The molecular weight excluding hydrogens is 217 g/mol. The molecule has 0 bridgehead atoms. The zero-order valence-electron chi connectivity index (χ0n) is 10.3. The van der Waals surface area contributed by atoms with Crippen molar-refractivity contribution >= 4 is 0 Å². The molecule has 0 radical (unpaired) electrons. The van der Waals surface area contributed by atoms with Gasteiger partial charge in [-0.05, 0) is 38.5 Å². The molecule has 0 aliphatic heterocycles. The van der Waals surface area contributed by atoms with E-state index in [0.717, 1.165) is 11.4 Å². The molecule has 3 nitrogen and oxygen atoms in total. The lowest BCUT2D eigenvalue weighted by molar-refractivity contribution is 0.384. The first-order valence-electron chi connectivity index (χ1n) is 5.60. The van der Waals surface area contributed by atoms with Crippen LogP contribution in [0, 0.1) is 5.82 Å². The maximum absolute atomic E-state index is 13.1. The standard InChI is InChI=1S/C13H16FN3/c1-13(2,3)17-9-15-16-12(17)8-10-5-4-6-11(14)7-10/h4-7,9H,8H2,1-3H3. The van der Waals surface area contributed by atoms with Gasteiger partial charge in [-0.3, -0.25) is 0 Å². The topological polar surface area (TPSA) is 30.7 Å². The summed E-state index contributed by atoms with van der Waals surface area (Å²) in [5.41, 5.74) is 0.843. The van der Waals surface area contributed by atoms with Crippen LogP contribution in [0.25, 0.3) is 0 Å². The second-order valence-electron chi connectivity index (χ2n) is 5.09. The molecule has 0 fully saturated rings. The molecule has 0 unspecified atom stereocenters. The van der Waals surface area contributed by atoms with Crippen molar-refractivity contribution in [1.29, 1.82) is 0 Å². The molecule has 1 aromatic heterocycles. The molecule has 0 atom stereocenters. The predicted octanol–water partition coefficient (Wildman–Crippen LogP) is 2.76. The van der Waals surface area contributed by atoms with Crippen LogP contribution in [0.3, 0.4) is 0 Å². The van der Waals surface area contributed by atoms with Crippen LogP contribution in [0.2, 0.25) is 0 Å². The number of halogens is 1. The zero-order chi connectivity index (χ0) is 12.5. The van der Waals surface area contributed by atoms with E-state index in [-0.39, 0.29) is 11.4 Å². The lowest BCUT2D eigenvalue weighted by atomic mass is 10.1. The average Bonchev–Trinajstić information content (AvgIpc) is 2.65. The van der Waals surface area contributed by atoms with Gasteiger partial charge >= 0.3 is 0 Å². The Bertz CT molecular complexity index is 511. The maximum Gasteiger partial charge on any atom is 0.137 e. The number of rotatable bonds is 2. The third kappa shape index (κ3) is 2.70. The molecule has 0 aliphatic rings. The second kappa shape index (κ2) is 4.28. The van der Waals surface area contributed by atoms with Gasteiger partial charge in [-0.1, -0.05) is 12.1 Å². The van der Waals surface area contributed by atoms with Crippen LogP contribution in [0.5, 0.6) is 0 Å². The zero-order valence-corrected chi connectivity index (χ0v) is 10.3. The highest BCUT2D eigenvalue weighted by molar-refractivity contribution is 5.20. The predicted molar refractivity (Wildman–Crippen MR) is 64.2 cm³/mol. The minimum atomic E-state index is -0.218. The molecule has 4 heteroatoms. The average molecular weight is 233 g/mol. The first-order chi connectivity index (χ1) is 7.97. The van der Waals surface area contributed by atoms with Gasteiger partial charge in [0.1, 0.15) is 18.0 Å². The summed E-state index contributed by atoms with van der Waals surface area (Å²) in [6.45, 7) is 6.27. The Hall–Kier alpha value is -1.71. The molecule has 0 amide bonds. The fourth-order valence-electron chi connectivity index (χ4n) is 1.77. The van der Waals surface area contributed by atoms with Crippen molar-refractivity contribution in [3.05, 3.63) is 47.8 Å². The Morgan fingerprint density at radius 2 is 2.06 bits per heavy atom. The van der Waals surface area contributed by atoms with Gasteiger partial charge in [0.05, 0.1) is 0 Å². The van der Waals surface area contributed by atoms with Gasteiger partial charge in [0.25, 0.3) is 0 Å². The fourth-order valence-corrected chi connectivity index (χ4v) is 1.77. The highest BCUT2D eigenvalue weighted by Gasteiger charge is 2.17. The summed E-state index contributed by atoms with van der Waals surface area (Å²) in [7, 11) is 0. The Balaban J connectivity index is 2.28. The van der Waals surface area contributed by atoms with Gasteiger partial charge in [0.2, 0.25) is 0 Å². The Morgan fingerprint density at radius 1 is 1.29 bits per heavy atom. The van der Waals surface area contributed by atoms with E-state index in [2.05, 4.69) is 31.0 Å². The summed E-state index contributed by atoms with van der Waals surface area (Å²) in [5, 5.41) is 8.02. The summed E-state index contributed by atoms with van der Waals surface area (Å²) in [6, 6.07) is 6.58. The minimum absolute atomic E-state index is 0.0633. The summed E-state index contributed by atoms with van der Waals surface area (Å²) in [4.78, 5) is 0. The highest BCUT2D eigenvalue weighted by atomic mass is 19.1.